The molecule has 0 unspecified atom stereocenters. The van der Waals surface area contributed by atoms with Gasteiger partial charge in [0, 0.05) is 5.39 Å². The molecule has 0 saturated carbocycles. The molecular weight excluding hydrogens is 195 g/mol. The van der Waals surface area contributed by atoms with Crippen molar-refractivity contribution >= 4 is 16.7 Å². The van der Waals surface area contributed by atoms with E-state index in [9.17, 15) is 9.18 Å². The number of carboxylic acids is 1. The van der Waals surface area contributed by atoms with Crippen molar-refractivity contribution in [2.45, 2.75) is 6.92 Å². The predicted octanol–water partition coefficient (Wildman–Crippen LogP) is 2.99. The lowest BCUT2D eigenvalue weighted by atomic mass is 10.0. The van der Waals surface area contributed by atoms with Crippen LogP contribution in [0, 0.1) is 12.7 Å². The van der Waals surface area contributed by atoms with E-state index in [1.165, 1.54) is 6.07 Å². The third kappa shape index (κ3) is 1.56. The molecule has 0 aliphatic carbocycles. The predicted molar refractivity (Wildman–Crippen MR) is 55.6 cm³/mol. The van der Waals surface area contributed by atoms with Gasteiger partial charge in [-0.15, -0.1) is 0 Å². The standard InChI is InChI=1S/C12H9FO2/c1-7-3-2-4-9-10(7)5-8(12(14)15)6-11(9)13/h2-6H,1H3,(H,14,15). The van der Waals surface area contributed by atoms with Crippen LogP contribution in [0.2, 0.25) is 0 Å². The van der Waals surface area contributed by atoms with E-state index in [0.29, 0.717) is 10.8 Å². The van der Waals surface area contributed by atoms with E-state index < -0.39 is 11.8 Å². The van der Waals surface area contributed by atoms with Gasteiger partial charge in [-0.3, -0.25) is 0 Å². The number of halogens is 1. The van der Waals surface area contributed by atoms with Crippen molar-refractivity contribution in [1.82, 2.24) is 0 Å². The van der Waals surface area contributed by atoms with Gasteiger partial charge in [0.15, 0.2) is 0 Å². The molecule has 0 aliphatic heterocycles. The highest BCUT2D eigenvalue weighted by atomic mass is 19.1. The highest BCUT2D eigenvalue weighted by Crippen LogP contribution is 2.23. The largest absolute Gasteiger partial charge is 0.478 e. The van der Waals surface area contributed by atoms with Crippen molar-refractivity contribution in [1.29, 1.82) is 0 Å². The summed E-state index contributed by atoms with van der Waals surface area (Å²) >= 11 is 0. The Labute approximate surface area is 86.0 Å². The van der Waals surface area contributed by atoms with Gasteiger partial charge >= 0.3 is 5.97 Å². The summed E-state index contributed by atoms with van der Waals surface area (Å²) in [5.41, 5.74) is 0.851. The minimum atomic E-state index is -1.11. The number of aryl methyl sites for hydroxylation is 1. The third-order valence-electron chi connectivity index (χ3n) is 2.41. The first-order valence-electron chi connectivity index (χ1n) is 4.52. The average Bonchev–Trinajstić information content (AvgIpc) is 2.19. The monoisotopic (exact) mass is 204 g/mol. The fourth-order valence-electron chi connectivity index (χ4n) is 1.62. The zero-order chi connectivity index (χ0) is 11.0. The normalized spacial score (nSPS) is 10.5. The van der Waals surface area contributed by atoms with Gasteiger partial charge in [-0.2, -0.15) is 0 Å². The number of carboxylic acid groups (broad SMARTS) is 1. The fourth-order valence-corrected chi connectivity index (χ4v) is 1.62. The van der Waals surface area contributed by atoms with E-state index >= 15 is 0 Å². The van der Waals surface area contributed by atoms with E-state index in [4.69, 9.17) is 5.11 Å². The lowest BCUT2D eigenvalue weighted by molar-refractivity contribution is 0.0696. The third-order valence-corrected chi connectivity index (χ3v) is 2.41. The molecule has 2 rings (SSSR count). The van der Waals surface area contributed by atoms with Crippen molar-refractivity contribution in [2.24, 2.45) is 0 Å². The van der Waals surface area contributed by atoms with Gasteiger partial charge < -0.3 is 5.11 Å². The molecule has 1 N–H and O–H groups in total. The van der Waals surface area contributed by atoms with Crippen LogP contribution in [0.15, 0.2) is 30.3 Å². The Morgan fingerprint density at radius 2 is 2.00 bits per heavy atom. The summed E-state index contributed by atoms with van der Waals surface area (Å²) in [5, 5.41) is 9.90. The second-order valence-corrected chi connectivity index (χ2v) is 3.43. The number of hydrogen-bond acceptors (Lipinski definition) is 1. The Morgan fingerprint density at radius 3 is 2.67 bits per heavy atom. The minimum Gasteiger partial charge on any atom is -0.478 e. The number of carbonyl (C=O) groups is 1. The molecule has 0 fully saturated rings. The molecule has 0 aliphatic rings. The van der Waals surface area contributed by atoms with Crippen LogP contribution in [0.3, 0.4) is 0 Å². The van der Waals surface area contributed by atoms with Crippen LogP contribution >= 0.6 is 0 Å². The summed E-state index contributed by atoms with van der Waals surface area (Å²) in [6.07, 6.45) is 0. The Bertz CT molecular complexity index is 547. The van der Waals surface area contributed by atoms with Crippen LogP contribution in [0.1, 0.15) is 15.9 Å². The molecule has 76 valence electrons. The summed E-state index contributed by atoms with van der Waals surface area (Å²) in [4.78, 5) is 10.7. The van der Waals surface area contributed by atoms with Gasteiger partial charge in [-0.05, 0) is 30.0 Å². The lowest BCUT2D eigenvalue weighted by Gasteiger charge is -2.04. The first-order chi connectivity index (χ1) is 7.09. The molecule has 0 spiro atoms. The maximum Gasteiger partial charge on any atom is 0.335 e. The lowest BCUT2D eigenvalue weighted by Crippen LogP contribution is -1.97. The summed E-state index contributed by atoms with van der Waals surface area (Å²) in [7, 11) is 0. The molecular formula is C12H9FO2. The van der Waals surface area contributed by atoms with E-state index in [0.717, 1.165) is 11.6 Å². The topological polar surface area (TPSA) is 37.3 Å². The van der Waals surface area contributed by atoms with Crippen LogP contribution in [-0.4, -0.2) is 11.1 Å². The van der Waals surface area contributed by atoms with Crippen LogP contribution in [0.4, 0.5) is 4.39 Å². The number of aromatic carboxylic acids is 1. The Morgan fingerprint density at radius 1 is 1.27 bits per heavy atom. The first kappa shape index (κ1) is 9.65. The summed E-state index contributed by atoms with van der Waals surface area (Å²) in [5.74, 6) is -1.60. The Hall–Kier alpha value is -1.90. The number of benzene rings is 2. The summed E-state index contributed by atoms with van der Waals surface area (Å²) in [6, 6.07) is 7.76. The van der Waals surface area contributed by atoms with Crippen molar-refractivity contribution < 1.29 is 14.3 Å². The molecule has 2 aromatic rings. The molecule has 0 bridgehead atoms. The molecule has 15 heavy (non-hydrogen) atoms. The fraction of sp³-hybridized carbons (Fsp3) is 0.0833. The van der Waals surface area contributed by atoms with E-state index in [1.807, 2.05) is 13.0 Å². The van der Waals surface area contributed by atoms with Gasteiger partial charge in [0.25, 0.3) is 0 Å². The summed E-state index contributed by atoms with van der Waals surface area (Å²) < 4.78 is 13.5. The van der Waals surface area contributed by atoms with Gasteiger partial charge in [0.2, 0.25) is 0 Å². The molecule has 2 aromatic carbocycles. The molecule has 0 amide bonds. The molecule has 0 aromatic heterocycles. The van der Waals surface area contributed by atoms with E-state index in [2.05, 4.69) is 0 Å². The minimum absolute atomic E-state index is 0.0192. The number of rotatable bonds is 1. The van der Waals surface area contributed by atoms with Gasteiger partial charge in [-0.1, -0.05) is 18.2 Å². The second-order valence-electron chi connectivity index (χ2n) is 3.43. The van der Waals surface area contributed by atoms with Crippen molar-refractivity contribution in [2.75, 3.05) is 0 Å². The highest BCUT2D eigenvalue weighted by molar-refractivity contribution is 5.95. The highest BCUT2D eigenvalue weighted by Gasteiger charge is 2.09. The maximum absolute atomic E-state index is 13.5. The number of fused-ring (bicyclic) bond motifs is 1. The zero-order valence-corrected chi connectivity index (χ0v) is 8.12. The van der Waals surface area contributed by atoms with E-state index in [1.54, 1.807) is 12.1 Å². The molecule has 0 heterocycles. The molecule has 0 radical (unpaired) electrons. The number of hydrogen-bond donors (Lipinski definition) is 1. The zero-order valence-electron chi connectivity index (χ0n) is 8.12. The molecule has 3 heteroatoms. The second kappa shape index (κ2) is 3.35. The van der Waals surface area contributed by atoms with Crippen LogP contribution < -0.4 is 0 Å². The first-order valence-corrected chi connectivity index (χ1v) is 4.52. The van der Waals surface area contributed by atoms with Crippen molar-refractivity contribution in [3.05, 3.63) is 47.3 Å². The van der Waals surface area contributed by atoms with E-state index in [-0.39, 0.29) is 5.56 Å². The SMILES string of the molecule is Cc1cccc2c(F)cc(C(=O)O)cc12. The molecule has 0 atom stereocenters. The van der Waals surface area contributed by atoms with Crippen LogP contribution in [0.5, 0.6) is 0 Å². The van der Waals surface area contributed by atoms with Crippen molar-refractivity contribution in [3.8, 4) is 0 Å². The van der Waals surface area contributed by atoms with Crippen LogP contribution in [0.25, 0.3) is 10.8 Å². The van der Waals surface area contributed by atoms with Gasteiger partial charge in [0.1, 0.15) is 5.82 Å². The summed E-state index contributed by atoms with van der Waals surface area (Å²) in [6.45, 7) is 1.83. The Balaban J connectivity index is 2.85. The van der Waals surface area contributed by atoms with Crippen LogP contribution in [-0.2, 0) is 0 Å². The average molecular weight is 204 g/mol. The molecule has 2 nitrogen and oxygen atoms in total. The smallest absolute Gasteiger partial charge is 0.335 e. The maximum atomic E-state index is 13.5. The quantitative estimate of drug-likeness (QED) is 0.775. The van der Waals surface area contributed by atoms with Gasteiger partial charge in [0.05, 0.1) is 5.56 Å². The van der Waals surface area contributed by atoms with Gasteiger partial charge in [-0.25, -0.2) is 9.18 Å². The molecule has 0 saturated heterocycles. The Kier molecular flexibility index (Phi) is 2.15. The van der Waals surface area contributed by atoms with Crippen molar-refractivity contribution in [3.63, 3.8) is 0 Å².